The molecule has 1 saturated heterocycles. The standard InChI is InChI=1S/C18H23N5O2S/c1-19-26(24,25)13-12-21-8-10-22(11-9-21)16-5-2-6-17-18(16)20-14-15-4-3-7-23(15)17/h2-7,14,19H,8-13H2,1H3. The van der Waals surface area contributed by atoms with Crippen molar-refractivity contribution in [1.29, 1.82) is 0 Å². The summed E-state index contributed by atoms with van der Waals surface area (Å²) >= 11 is 0. The first-order chi connectivity index (χ1) is 12.6. The summed E-state index contributed by atoms with van der Waals surface area (Å²) in [6.07, 6.45) is 3.97. The highest BCUT2D eigenvalue weighted by atomic mass is 32.2. The number of aromatic nitrogens is 2. The predicted octanol–water partition coefficient (Wildman–Crippen LogP) is 1.16. The maximum Gasteiger partial charge on any atom is 0.212 e. The van der Waals surface area contributed by atoms with Crippen LogP contribution < -0.4 is 9.62 Å². The van der Waals surface area contributed by atoms with E-state index in [4.69, 9.17) is 4.98 Å². The van der Waals surface area contributed by atoms with E-state index in [-0.39, 0.29) is 5.75 Å². The smallest absolute Gasteiger partial charge is 0.212 e. The Morgan fingerprint density at radius 1 is 1.12 bits per heavy atom. The number of nitrogens with one attached hydrogen (secondary N) is 1. The third-order valence-corrected chi connectivity index (χ3v) is 6.40. The summed E-state index contributed by atoms with van der Waals surface area (Å²) in [5.41, 5.74) is 4.33. The molecule has 2 aromatic heterocycles. The molecule has 0 bridgehead atoms. The minimum Gasteiger partial charge on any atom is -0.367 e. The molecule has 7 nitrogen and oxygen atoms in total. The molecular formula is C18H23N5O2S. The van der Waals surface area contributed by atoms with Crippen LogP contribution in [0.2, 0.25) is 0 Å². The lowest BCUT2D eigenvalue weighted by molar-refractivity contribution is 0.272. The van der Waals surface area contributed by atoms with Crippen molar-refractivity contribution in [1.82, 2.24) is 19.0 Å². The van der Waals surface area contributed by atoms with Gasteiger partial charge in [-0.15, -0.1) is 0 Å². The highest BCUT2D eigenvalue weighted by molar-refractivity contribution is 7.89. The van der Waals surface area contributed by atoms with E-state index in [9.17, 15) is 8.42 Å². The van der Waals surface area contributed by atoms with Crippen LogP contribution in [0.3, 0.4) is 0 Å². The van der Waals surface area contributed by atoms with Crippen molar-refractivity contribution in [2.75, 3.05) is 50.4 Å². The number of hydrogen-bond donors (Lipinski definition) is 1. The first-order valence-corrected chi connectivity index (χ1v) is 10.5. The van der Waals surface area contributed by atoms with Crippen molar-refractivity contribution in [3.8, 4) is 0 Å². The number of para-hydroxylation sites is 1. The Kier molecular flexibility index (Phi) is 4.56. The summed E-state index contributed by atoms with van der Waals surface area (Å²) < 4.78 is 27.7. The molecule has 8 heteroatoms. The van der Waals surface area contributed by atoms with Gasteiger partial charge in [0.15, 0.2) is 0 Å². The van der Waals surface area contributed by atoms with Gasteiger partial charge in [0, 0.05) is 38.9 Å². The van der Waals surface area contributed by atoms with Crippen molar-refractivity contribution in [2.24, 2.45) is 0 Å². The molecule has 138 valence electrons. The van der Waals surface area contributed by atoms with Crippen LogP contribution in [-0.2, 0) is 10.0 Å². The lowest BCUT2D eigenvalue weighted by atomic mass is 10.2. The molecule has 1 aliphatic rings. The zero-order valence-corrected chi connectivity index (χ0v) is 15.6. The summed E-state index contributed by atoms with van der Waals surface area (Å²) in [6.45, 7) is 3.99. The molecule has 0 aliphatic carbocycles. The van der Waals surface area contributed by atoms with E-state index in [2.05, 4.69) is 49.4 Å². The van der Waals surface area contributed by atoms with Gasteiger partial charge in [-0.05, 0) is 31.3 Å². The molecule has 3 heterocycles. The zero-order chi connectivity index (χ0) is 18.1. The fraction of sp³-hybridized carbons (Fsp3) is 0.389. The summed E-state index contributed by atoms with van der Waals surface area (Å²) in [6, 6.07) is 10.4. The number of benzene rings is 1. The first kappa shape index (κ1) is 17.3. The summed E-state index contributed by atoms with van der Waals surface area (Å²) in [4.78, 5) is 9.24. The minimum atomic E-state index is -3.15. The Labute approximate surface area is 153 Å². The fourth-order valence-corrected chi connectivity index (χ4v) is 4.22. The maximum atomic E-state index is 11.6. The van der Waals surface area contributed by atoms with Crippen LogP contribution in [0.1, 0.15) is 0 Å². The van der Waals surface area contributed by atoms with Gasteiger partial charge >= 0.3 is 0 Å². The zero-order valence-electron chi connectivity index (χ0n) is 14.8. The summed E-state index contributed by atoms with van der Waals surface area (Å²) in [5.74, 6) is 0.144. The van der Waals surface area contributed by atoms with Gasteiger partial charge in [0.25, 0.3) is 0 Å². The SMILES string of the molecule is CNS(=O)(=O)CCN1CCN(c2cccc3c2ncc2cccn23)CC1. The van der Waals surface area contributed by atoms with Crippen molar-refractivity contribution >= 4 is 32.3 Å². The second-order valence-electron chi connectivity index (χ2n) is 6.56. The van der Waals surface area contributed by atoms with Crippen molar-refractivity contribution in [3.63, 3.8) is 0 Å². The molecule has 1 aromatic carbocycles. The summed E-state index contributed by atoms with van der Waals surface area (Å²) in [7, 11) is -1.69. The third-order valence-electron chi connectivity index (χ3n) is 5.06. The predicted molar refractivity (Wildman–Crippen MR) is 104 cm³/mol. The fourth-order valence-electron chi connectivity index (χ4n) is 3.51. The van der Waals surface area contributed by atoms with Gasteiger partial charge in [0.2, 0.25) is 10.0 Å². The second kappa shape index (κ2) is 6.86. The third kappa shape index (κ3) is 3.27. The molecule has 0 atom stereocenters. The monoisotopic (exact) mass is 373 g/mol. The second-order valence-corrected chi connectivity index (χ2v) is 8.60. The molecule has 1 N–H and O–H groups in total. The van der Waals surface area contributed by atoms with Crippen LogP contribution >= 0.6 is 0 Å². The van der Waals surface area contributed by atoms with Crippen molar-refractivity contribution in [3.05, 3.63) is 42.7 Å². The van der Waals surface area contributed by atoms with Crippen molar-refractivity contribution < 1.29 is 8.42 Å². The van der Waals surface area contributed by atoms with Crippen LogP contribution in [-0.4, -0.2) is 68.2 Å². The average Bonchev–Trinajstić information content (AvgIpc) is 3.16. The van der Waals surface area contributed by atoms with E-state index in [1.54, 1.807) is 0 Å². The van der Waals surface area contributed by atoms with Gasteiger partial charge < -0.3 is 9.30 Å². The van der Waals surface area contributed by atoms with E-state index in [1.807, 2.05) is 12.3 Å². The molecule has 1 aliphatic heterocycles. The molecule has 26 heavy (non-hydrogen) atoms. The Morgan fingerprint density at radius 3 is 2.69 bits per heavy atom. The number of rotatable bonds is 5. The lowest BCUT2D eigenvalue weighted by Crippen LogP contribution is -2.48. The Morgan fingerprint density at radius 2 is 1.92 bits per heavy atom. The largest absolute Gasteiger partial charge is 0.367 e. The lowest BCUT2D eigenvalue weighted by Gasteiger charge is -2.36. The normalized spacial score (nSPS) is 16.6. The number of hydrogen-bond acceptors (Lipinski definition) is 5. The minimum absolute atomic E-state index is 0.144. The van der Waals surface area contributed by atoms with Gasteiger partial charge in [-0.2, -0.15) is 0 Å². The molecule has 3 aromatic rings. The van der Waals surface area contributed by atoms with Gasteiger partial charge in [0.1, 0.15) is 5.52 Å². The Balaban J connectivity index is 1.51. The highest BCUT2D eigenvalue weighted by Gasteiger charge is 2.20. The summed E-state index contributed by atoms with van der Waals surface area (Å²) in [5, 5.41) is 0. The number of anilines is 1. The molecule has 0 radical (unpaired) electrons. The number of fused-ring (bicyclic) bond motifs is 3. The van der Waals surface area contributed by atoms with E-state index >= 15 is 0 Å². The van der Waals surface area contributed by atoms with E-state index in [0.29, 0.717) is 6.54 Å². The van der Waals surface area contributed by atoms with Crippen LogP contribution in [0.15, 0.2) is 42.7 Å². The quantitative estimate of drug-likeness (QED) is 0.727. The van der Waals surface area contributed by atoms with E-state index < -0.39 is 10.0 Å². The Bertz CT molecular complexity index is 1020. The molecule has 1 fully saturated rings. The van der Waals surface area contributed by atoms with Gasteiger partial charge in [-0.25, -0.2) is 13.1 Å². The topological polar surface area (TPSA) is 70.0 Å². The molecule has 0 saturated carbocycles. The van der Waals surface area contributed by atoms with Gasteiger partial charge in [0.05, 0.1) is 28.7 Å². The highest BCUT2D eigenvalue weighted by Crippen LogP contribution is 2.26. The maximum absolute atomic E-state index is 11.6. The first-order valence-electron chi connectivity index (χ1n) is 8.81. The molecule has 0 unspecified atom stereocenters. The Hall–Kier alpha value is -2.16. The number of piperazine rings is 1. The molecule has 4 rings (SSSR count). The molecule has 0 amide bonds. The molecular weight excluding hydrogens is 350 g/mol. The van der Waals surface area contributed by atoms with Crippen LogP contribution in [0.5, 0.6) is 0 Å². The van der Waals surface area contributed by atoms with Crippen LogP contribution in [0, 0.1) is 0 Å². The van der Waals surface area contributed by atoms with Crippen LogP contribution in [0.4, 0.5) is 5.69 Å². The van der Waals surface area contributed by atoms with Crippen LogP contribution in [0.25, 0.3) is 16.6 Å². The number of nitrogens with zero attached hydrogens (tertiary/aromatic N) is 4. The van der Waals surface area contributed by atoms with Gasteiger partial charge in [-0.3, -0.25) is 9.88 Å². The molecule has 0 spiro atoms. The van der Waals surface area contributed by atoms with E-state index in [1.165, 1.54) is 7.05 Å². The average molecular weight is 373 g/mol. The number of sulfonamides is 1. The van der Waals surface area contributed by atoms with Crippen molar-refractivity contribution in [2.45, 2.75) is 0 Å². The van der Waals surface area contributed by atoms with Gasteiger partial charge in [-0.1, -0.05) is 6.07 Å². The van der Waals surface area contributed by atoms with E-state index in [0.717, 1.165) is 48.4 Å².